The van der Waals surface area contributed by atoms with Gasteiger partial charge >= 0.3 is 0 Å². The van der Waals surface area contributed by atoms with E-state index in [0.29, 0.717) is 6.54 Å². The third-order valence-corrected chi connectivity index (χ3v) is 3.07. The number of carbonyl (C=O) groups is 1. The Morgan fingerprint density at radius 1 is 1.26 bits per heavy atom. The third kappa shape index (κ3) is 5.30. The van der Waals surface area contributed by atoms with Crippen molar-refractivity contribution in [1.29, 1.82) is 0 Å². The fraction of sp³-hybridized carbons (Fsp3) is 0.533. The highest BCUT2D eigenvalue weighted by molar-refractivity contribution is 5.78. The molecule has 0 aliphatic carbocycles. The molecule has 1 atom stereocenters. The van der Waals surface area contributed by atoms with E-state index in [2.05, 4.69) is 27.7 Å². The fourth-order valence-electron chi connectivity index (χ4n) is 1.73. The van der Waals surface area contributed by atoms with Crippen LogP contribution in [0.2, 0.25) is 0 Å². The van der Waals surface area contributed by atoms with Crippen LogP contribution in [-0.4, -0.2) is 33.1 Å². The highest BCUT2D eigenvalue weighted by Gasteiger charge is 2.11. The van der Waals surface area contributed by atoms with Crippen molar-refractivity contribution < 1.29 is 4.79 Å². The Balaban J connectivity index is 2.41. The minimum atomic E-state index is 0.000924. The van der Waals surface area contributed by atoms with Crippen LogP contribution in [-0.2, 0) is 11.3 Å². The number of anilines is 1. The number of rotatable bonds is 7. The molecule has 2 N–H and O–H groups in total. The predicted molar refractivity (Wildman–Crippen MR) is 80.3 cm³/mol. The zero-order chi connectivity index (χ0) is 14.3. The largest absolute Gasteiger partial charge is 0.378 e. The van der Waals surface area contributed by atoms with E-state index in [4.69, 9.17) is 0 Å². The van der Waals surface area contributed by atoms with Gasteiger partial charge in [-0.2, -0.15) is 0 Å². The van der Waals surface area contributed by atoms with Gasteiger partial charge < -0.3 is 15.5 Å². The topological polar surface area (TPSA) is 44.4 Å². The number of hydrogen-bond acceptors (Lipinski definition) is 3. The molecular formula is C15H25N3O. The first-order valence-electron chi connectivity index (χ1n) is 6.79. The summed E-state index contributed by atoms with van der Waals surface area (Å²) >= 11 is 0. The minimum absolute atomic E-state index is 0.000924. The summed E-state index contributed by atoms with van der Waals surface area (Å²) in [6, 6.07) is 8.21. The molecule has 0 spiro atoms. The van der Waals surface area contributed by atoms with Crippen LogP contribution in [0.25, 0.3) is 0 Å². The van der Waals surface area contributed by atoms with Crippen molar-refractivity contribution in [2.75, 3.05) is 32.1 Å². The van der Waals surface area contributed by atoms with Crippen molar-refractivity contribution in [3.05, 3.63) is 29.8 Å². The standard InChI is InChI=1S/C15H25N3O/c1-5-16-10-12(2)15(19)17-11-13-6-8-14(9-7-13)18(3)4/h6-9,12,16H,5,10-11H2,1-4H3,(H,17,19). The van der Waals surface area contributed by atoms with Crippen LogP contribution in [0.5, 0.6) is 0 Å². The first-order chi connectivity index (χ1) is 9.04. The summed E-state index contributed by atoms with van der Waals surface area (Å²) in [7, 11) is 4.03. The zero-order valence-corrected chi connectivity index (χ0v) is 12.4. The molecule has 106 valence electrons. The maximum Gasteiger partial charge on any atom is 0.224 e. The highest BCUT2D eigenvalue weighted by Crippen LogP contribution is 2.12. The van der Waals surface area contributed by atoms with Gasteiger partial charge in [-0.3, -0.25) is 4.79 Å². The molecular weight excluding hydrogens is 238 g/mol. The van der Waals surface area contributed by atoms with Crippen LogP contribution in [0.15, 0.2) is 24.3 Å². The molecule has 0 fully saturated rings. The molecule has 0 aliphatic rings. The summed E-state index contributed by atoms with van der Waals surface area (Å²) in [4.78, 5) is 13.9. The van der Waals surface area contributed by atoms with E-state index < -0.39 is 0 Å². The van der Waals surface area contributed by atoms with E-state index in [9.17, 15) is 4.79 Å². The van der Waals surface area contributed by atoms with Crippen molar-refractivity contribution >= 4 is 11.6 Å². The summed E-state index contributed by atoms with van der Waals surface area (Å²) in [6.07, 6.45) is 0. The molecule has 4 heteroatoms. The van der Waals surface area contributed by atoms with E-state index in [1.165, 1.54) is 0 Å². The lowest BCUT2D eigenvalue weighted by Gasteiger charge is -2.14. The normalized spacial score (nSPS) is 12.0. The summed E-state index contributed by atoms with van der Waals surface area (Å²) in [5, 5.41) is 6.14. The molecule has 0 radical (unpaired) electrons. The molecule has 0 bridgehead atoms. The number of carbonyl (C=O) groups excluding carboxylic acids is 1. The van der Waals surface area contributed by atoms with Gasteiger partial charge in [0, 0.05) is 38.8 Å². The average molecular weight is 263 g/mol. The van der Waals surface area contributed by atoms with Crippen LogP contribution < -0.4 is 15.5 Å². The third-order valence-electron chi connectivity index (χ3n) is 3.07. The Hall–Kier alpha value is -1.55. The molecule has 0 aliphatic heterocycles. The van der Waals surface area contributed by atoms with Crippen molar-refractivity contribution in [2.45, 2.75) is 20.4 Å². The summed E-state index contributed by atoms with van der Waals surface area (Å²) < 4.78 is 0. The molecule has 0 heterocycles. The SMILES string of the molecule is CCNCC(C)C(=O)NCc1ccc(N(C)C)cc1. The molecule has 1 amide bonds. The highest BCUT2D eigenvalue weighted by atomic mass is 16.1. The van der Waals surface area contributed by atoms with Gasteiger partial charge in [-0.05, 0) is 24.2 Å². The molecule has 4 nitrogen and oxygen atoms in total. The Bertz CT molecular complexity index is 387. The molecule has 0 saturated heterocycles. The predicted octanol–water partition coefficient (Wildman–Crippen LogP) is 1.61. The van der Waals surface area contributed by atoms with Crippen LogP contribution in [0.1, 0.15) is 19.4 Å². The molecule has 0 aromatic heterocycles. The van der Waals surface area contributed by atoms with Gasteiger partial charge in [-0.15, -0.1) is 0 Å². The maximum absolute atomic E-state index is 11.8. The van der Waals surface area contributed by atoms with E-state index >= 15 is 0 Å². The van der Waals surface area contributed by atoms with Crippen molar-refractivity contribution in [1.82, 2.24) is 10.6 Å². The molecule has 0 saturated carbocycles. The van der Waals surface area contributed by atoms with Crippen molar-refractivity contribution in [3.8, 4) is 0 Å². The molecule has 1 rings (SSSR count). The molecule has 19 heavy (non-hydrogen) atoms. The number of nitrogens with one attached hydrogen (secondary N) is 2. The Morgan fingerprint density at radius 2 is 1.89 bits per heavy atom. The number of benzene rings is 1. The first kappa shape index (κ1) is 15.5. The fourth-order valence-corrected chi connectivity index (χ4v) is 1.73. The summed E-state index contributed by atoms with van der Waals surface area (Å²) in [5.41, 5.74) is 2.28. The second-order valence-corrected chi connectivity index (χ2v) is 4.99. The van der Waals surface area contributed by atoms with Gasteiger partial charge in [0.15, 0.2) is 0 Å². The summed E-state index contributed by atoms with van der Waals surface area (Å²) in [6.45, 7) is 6.18. The second-order valence-electron chi connectivity index (χ2n) is 4.99. The van der Waals surface area contributed by atoms with E-state index in [0.717, 1.165) is 24.3 Å². The Labute approximate surface area is 116 Å². The lowest BCUT2D eigenvalue weighted by molar-refractivity contribution is -0.124. The molecule has 1 aromatic carbocycles. The lowest BCUT2D eigenvalue weighted by atomic mass is 10.1. The van der Waals surface area contributed by atoms with Crippen LogP contribution in [0, 0.1) is 5.92 Å². The van der Waals surface area contributed by atoms with E-state index in [1.54, 1.807) is 0 Å². The van der Waals surface area contributed by atoms with E-state index in [1.807, 2.05) is 40.1 Å². The molecule has 1 unspecified atom stereocenters. The van der Waals surface area contributed by atoms with Crippen LogP contribution in [0.3, 0.4) is 0 Å². The quantitative estimate of drug-likeness (QED) is 0.785. The van der Waals surface area contributed by atoms with Gasteiger partial charge in [-0.1, -0.05) is 26.0 Å². The van der Waals surface area contributed by atoms with Crippen molar-refractivity contribution in [3.63, 3.8) is 0 Å². The van der Waals surface area contributed by atoms with Gasteiger partial charge in [0.05, 0.1) is 0 Å². The van der Waals surface area contributed by atoms with Gasteiger partial charge in [0.25, 0.3) is 0 Å². The number of nitrogens with zero attached hydrogens (tertiary/aromatic N) is 1. The number of hydrogen-bond donors (Lipinski definition) is 2. The van der Waals surface area contributed by atoms with Gasteiger partial charge in [0.2, 0.25) is 5.91 Å². The molecule has 1 aromatic rings. The maximum atomic E-state index is 11.8. The van der Waals surface area contributed by atoms with Crippen LogP contribution in [0.4, 0.5) is 5.69 Å². The van der Waals surface area contributed by atoms with E-state index in [-0.39, 0.29) is 11.8 Å². The van der Waals surface area contributed by atoms with Crippen molar-refractivity contribution in [2.24, 2.45) is 5.92 Å². The van der Waals surface area contributed by atoms with Gasteiger partial charge in [0.1, 0.15) is 0 Å². The monoisotopic (exact) mass is 263 g/mol. The smallest absolute Gasteiger partial charge is 0.224 e. The second kappa shape index (κ2) is 7.79. The zero-order valence-electron chi connectivity index (χ0n) is 12.4. The Morgan fingerprint density at radius 3 is 2.42 bits per heavy atom. The van der Waals surface area contributed by atoms with Crippen LogP contribution >= 0.6 is 0 Å². The lowest BCUT2D eigenvalue weighted by Crippen LogP contribution is -2.34. The minimum Gasteiger partial charge on any atom is -0.378 e. The average Bonchev–Trinajstić information content (AvgIpc) is 2.42. The summed E-state index contributed by atoms with van der Waals surface area (Å²) in [5.74, 6) is 0.0960. The first-order valence-corrected chi connectivity index (χ1v) is 6.79. The Kier molecular flexibility index (Phi) is 6.36. The number of amides is 1. The van der Waals surface area contributed by atoms with Gasteiger partial charge in [-0.25, -0.2) is 0 Å².